The van der Waals surface area contributed by atoms with Crippen LogP contribution in [-0.4, -0.2) is 23.6 Å². The van der Waals surface area contributed by atoms with Gasteiger partial charge in [-0.25, -0.2) is 9.97 Å². The van der Waals surface area contributed by atoms with Crippen molar-refractivity contribution in [1.82, 2.24) is 9.97 Å². The van der Waals surface area contributed by atoms with E-state index in [1.807, 2.05) is 31.2 Å². The maximum atomic E-state index is 5.38. The van der Waals surface area contributed by atoms with Crippen molar-refractivity contribution >= 4 is 28.4 Å². The molecule has 4 nitrogen and oxygen atoms in total. The molecule has 2 aromatic rings. The van der Waals surface area contributed by atoms with Gasteiger partial charge in [0.25, 0.3) is 0 Å². The van der Waals surface area contributed by atoms with Crippen molar-refractivity contribution in [3.05, 3.63) is 44.9 Å². The number of halogens is 1. The molecule has 0 aliphatic rings. The van der Waals surface area contributed by atoms with Crippen LogP contribution in [0.3, 0.4) is 0 Å². The smallest absolute Gasteiger partial charge is 0.143 e. The Morgan fingerprint density at radius 3 is 2.70 bits per heavy atom. The molecule has 0 fully saturated rings. The molecule has 0 aliphatic heterocycles. The molecule has 1 aromatic carbocycles. The van der Waals surface area contributed by atoms with Gasteiger partial charge in [-0.1, -0.05) is 18.2 Å². The predicted octanol–water partition coefficient (Wildman–Crippen LogP) is 3.42. The minimum atomic E-state index is 0.667. The normalized spacial score (nSPS) is 10.4. The van der Waals surface area contributed by atoms with Gasteiger partial charge in [-0.05, 0) is 42.5 Å². The molecule has 0 atom stereocenters. The number of ether oxygens (including phenoxy) is 1. The molecule has 1 aromatic heterocycles. The second-order valence-electron chi connectivity index (χ2n) is 4.41. The number of hydrogen-bond donors (Lipinski definition) is 1. The highest BCUT2D eigenvalue weighted by Gasteiger charge is 2.11. The summed E-state index contributed by atoms with van der Waals surface area (Å²) >= 11 is 2.28. The number of hydrogen-bond acceptors (Lipinski definition) is 4. The fraction of sp³-hybridized carbons (Fsp3) is 0.333. The first-order chi connectivity index (χ1) is 9.65. The summed E-state index contributed by atoms with van der Waals surface area (Å²) in [7, 11) is 1.68. The van der Waals surface area contributed by atoms with Gasteiger partial charge in [0.1, 0.15) is 17.4 Å². The molecule has 0 spiro atoms. The van der Waals surface area contributed by atoms with Crippen molar-refractivity contribution in [2.75, 3.05) is 19.0 Å². The zero-order valence-corrected chi connectivity index (χ0v) is 14.1. The highest BCUT2D eigenvalue weighted by Crippen LogP contribution is 2.23. The van der Waals surface area contributed by atoms with Crippen LogP contribution >= 0.6 is 22.6 Å². The van der Waals surface area contributed by atoms with E-state index in [0.717, 1.165) is 38.8 Å². The third kappa shape index (κ3) is 3.39. The summed E-state index contributed by atoms with van der Waals surface area (Å²) in [4.78, 5) is 9.18. The summed E-state index contributed by atoms with van der Waals surface area (Å²) in [5.74, 6) is 2.59. The number of para-hydroxylation sites is 1. The summed E-state index contributed by atoms with van der Waals surface area (Å²) in [6.45, 7) is 4.92. The van der Waals surface area contributed by atoms with Crippen LogP contribution in [0.5, 0.6) is 5.75 Å². The molecule has 0 saturated heterocycles. The Kier molecular flexibility index (Phi) is 5.17. The quantitative estimate of drug-likeness (QED) is 0.804. The van der Waals surface area contributed by atoms with Crippen molar-refractivity contribution in [2.24, 2.45) is 0 Å². The van der Waals surface area contributed by atoms with Gasteiger partial charge in [0, 0.05) is 18.5 Å². The topological polar surface area (TPSA) is 47.0 Å². The van der Waals surface area contributed by atoms with Gasteiger partial charge in [0.2, 0.25) is 0 Å². The highest BCUT2D eigenvalue weighted by molar-refractivity contribution is 14.1. The van der Waals surface area contributed by atoms with Crippen LogP contribution in [0, 0.1) is 10.5 Å². The van der Waals surface area contributed by atoms with Gasteiger partial charge in [-0.3, -0.25) is 0 Å². The molecule has 2 rings (SSSR count). The Hall–Kier alpha value is -1.37. The summed E-state index contributed by atoms with van der Waals surface area (Å²) in [5, 5.41) is 3.28. The van der Waals surface area contributed by atoms with E-state index in [2.05, 4.69) is 44.8 Å². The lowest BCUT2D eigenvalue weighted by Crippen LogP contribution is -2.08. The molecule has 1 heterocycles. The number of rotatable bonds is 5. The van der Waals surface area contributed by atoms with Crippen LogP contribution in [0.15, 0.2) is 24.3 Å². The largest absolute Gasteiger partial charge is 0.496 e. The molecule has 0 aliphatic carbocycles. The monoisotopic (exact) mass is 383 g/mol. The van der Waals surface area contributed by atoms with Crippen molar-refractivity contribution in [3.8, 4) is 5.75 Å². The lowest BCUT2D eigenvalue weighted by atomic mass is 10.1. The van der Waals surface area contributed by atoms with Crippen molar-refractivity contribution in [3.63, 3.8) is 0 Å². The van der Waals surface area contributed by atoms with Crippen LogP contribution in [0.1, 0.15) is 24.0 Å². The number of aryl methyl sites for hydroxylation is 1. The third-order valence-electron chi connectivity index (χ3n) is 2.95. The molecule has 0 bridgehead atoms. The number of methoxy groups -OCH3 is 1. The number of nitrogens with one attached hydrogen (secondary N) is 1. The molecule has 5 heteroatoms. The molecule has 0 saturated carbocycles. The molecule has 0 radical (unpaired) electrons. The minimum absolute atomic E-state index is 0.667. The van der Waals surface area contributed by atoms with Crippen molar-refractivity contribution < 1.29 is 4.74 Å². The first kappa shape index (κ1) is 15.0. The lowest BCUT2D eigenvalue weighted by Gasteiger charge is -2.11. The highest BCUT2D eigenvalue weighted by atomic mass is 127. The molecular formula is C15H18IN3O. The second-order valence-corrected chi connectivity index (χ2v) is 5.49. The SMILES string of the molecule is CCNc1nc(Cc2ccccc2OC)nc(C)c1I. The molecule has 0 unspecified atom stereocenters. The number of anilines is 1. The Morgan fingerprint density at radius 1 is 1.25 bits per heavy atom. The molecule has 0 amide bonds. The van der Waals surface area contributed by atoms with E-state index in [9.17, 15) is 0 Å². The number of aromatic nitrogens is 2. The third-order valence-corrected chi connectivity index (χ3v) is 4.24. The van der Waals surface area contributed by atoms with E-state index in [-0.39, 0.29) is 0 Å². The maximum absolute atomic E-state index is 5.38. The van der Waals surface area contributed by atoms with Crippen LogP contribution < -0.4 is 10.1 Å². The molecule has 20 heavy (non-hydrogen) atoms. The summed E-state index contributed by atoms with van der Waals surface area (Å²) < 4.78 is 6.45. The second kappa shape index (κ2) is 6.88. The van der Waals surface area contributed by atoms with Crippen molar-refractivity contribution in [1.29, 1.82) is 0 Å². The van der Waals surface area contributed by atoms with E-state index in [1.165, 1.54) is 0 Å². The van der Waals surface area contributed by atoms with E-state index in [0.29, 0.717) is 6.42 Å². The summed E-state index contributed by atoms with van der Waals surface area (Å²) in [6.07, 6.45) is 0.667. The van der Waals surface area contributed by atoms with Crippen LogP contribution in [0.2, 0.25) is 0 Å². The van der Waals surface area contributed by atoms with Crippen LogP contribution in [0.4, 0.5) is 5.82 Å². The summed E-state index contributed by atoms with van der Waals surface area (Å²) in [6, 6.07) is 7.97. The Bertz CT molecular complexity index is 602. The van der Waals surface area contributed by atoms with E-state index >= 15 is 0 Å². The Morgan fingerprint density at radius 2 is 2.00 bits per heavy atom. The predicted molar refractivity (Wildman–Crippen MR) is 89.4 cm³/mol. The zero-order chi connectivity index (χ0) is 14.5. The van der Waals surface area contributed by atoms with Gasteiger partial charge in [0.05, 0.1) is 16.4 Å². The zero-order valence-electron chi connectivity index (χ0n) is 11.9. The number of nitrogens with zero attached hydrogens (tertiary/aromatic N) is 2. The van der Waals surface area contributed by atoms with Crippen LogP contribution in [-0.2, 0) is 6.42 Å². The van der Waals surface area contributed by atoms with E-state index in [1.54, 1.807) is 7.11 Å². The molecule has 106 valence electrons. The van der Waals surface area contributed by atoms with Crippen molar-refractivity contribution in [2.45, 2.75) is 20.3 Å². The Balaban J connectivity index is 2.34. The maximum Gasteiger partial charge on any atom is 0.143 e. The van der Waals surface area contributed by atoms with Gasteiger partial charge in [0.15, 0.2) is 0 Å². The minimum Gasteiger partial charge on any atom is -0.496 e. The van der Waals surface area contributed by atoms with E-state index in [4.69, 9.17) is 4.74 Å². The average molecular weight is 383 g/mol. The average Bonchev–Trinajstić information content (AvgIpc) is 2.45. The molecular weight excluding hydrogens is 365 g/mol. The van der Waals surface area contributed by atoms with Gasteiger partial charge in [-0.15, -0.1) is 0 Å². The Labute approximate surface area is 133 Å². The van der Waals surface area contributed by atoms with E-state index < -0.39 is 0 Å². The molecule has 1 N–H and O–H groups in total. The van der Waals surface area contributed by atoms with Gasteiger partial charge < -0.3 is 10.1 Å². The van der Waals surface area contributed by atoms with Crippen LogP contribution in [0.25, 0.3) is 0 Å². The van der Waals surface area contributed by atoms with Gasteiger partial charge in [-0.2, -0.15) is 0 Å². The van der Waals surface area contributed by atoms with Gasteiger partial charge >= 0.3 is 0 Å². The lowest BCUT2D eigenvalue weighted by molar-refractivity contribution is 0.410. The first-order valence-electron chi connectivity index (χ1n) is 6.54. The fourth-order valence-electron chi connectivity index (χ4n) is 2.00. The standard InChI is InChI=1S/C15H18IN3O/c1-4-17-15-14(16)10(2)18-13(19-15)9-11-7-5-6-8-12(11)20-3/h5-8H,4,9H2,1-3H3,(H,17,18,19). The first-order valence-corrected chi connectivity index (χ1v) is 7.62. The summed E-state index contributed by atoms with van der Waals surface area (Å²) in [5.41, 5.74) is 2.10. The number of benzene rings is 1. The fourth-order valence-corrected chi connectivity index (χ4v) is 2.43.